The number of fused-ring (bicyclic) bond motifs is 1. The lowest BCUT2D eigenvalue weighted by Crippen LogP contribution is -2.15. The summed E-state index contributed by atoms with van der Waals surface area (Å²) in [6.45, 7) is 0.830. The molecule has 2 aliphatic rings. The number of hydrogen-bond acceptors (Lipinski definition) is 3. The molecule has 0 spiro atoms. The monoisotopic (exact) mass is 260 g/mol. The molecule has 1 saturated carbocycles. The molecule has 2 aliphatic carbocycles. The van der Waals surface area contributed by atoms with Crippen LogP contribution in [-0.4, -0.2) is 22.6 Å². The van der Waals surface area contributed by atoms with Gasteiger partial charge >= 0.3 is 5.97 Å². The number of nitrogens with zero attached hydrogens (tertiary/aromatic N) is 1. The summed E-state index contributed by atoms with van der Waals surface area (Å²) in [7, 11) is 0. The van der Waals surface area contributed by atoms with Crippen LogP contribution in [0.15, 0.2) is 6.07 Å². The molecule has 0 atom stereocenters. The Morgan fingerprint density at radius 1 is 1.37 bits per heavy atom. The van der Waals surface area contributed by atoms with Crippen molar-refractivity contribution >= 4 is 11.8 Å². The number of anilines is 1. The number of carboxylic acids is 1. The van der Waals surface area contributed by atoms with Crippen molar-refractivity contribution in [2.45, 2.75) is 44.9 Å². The van der Waals surface area contributed by atoms with Crippen molar-refractivity contribution in [3.05, 3.63) is 22.9 Å². The van der Waals surface area contributed by atoms with Crippen LogP contribution in [0.2, 0.25) is 0 Å². The van der Waals surface area contributed by atoms with E-state index >= 15 is 0 Å². The van der Waals surface area contributed by atoms with Gasteiger partial charge in [0.05, 0.1) is 0 Å². The molecule has 102 valence electrons. The van der Waals surface area contributed by atoms with Crippen molar-refractivity contribution in [3.63, 3.8) is 0 Å². The first-order chi connectivity index (χ1) is 9.24. The van der Waals surface area contributed by atoms with Crippen molar-refractivity contribution in [2.75, 3.05) is 11.9 Å². The zero-order valence-electron chi connectivity index (χ0n) is 11.1. The second kappa shape index (κ2) is 5.19. The smallest absolute Gasteiger partial charge is 0.339 e. The molecule has 0 aliphatic heterocycles. The second-order valence-corrected chi connectivity index (χ2v) is 5.66. The number of nitrogens with one attached hydrogen (secondary N) is 1. The summed E-state index contributed by atoms with van der Waals surface area (Å²) in [5.41, 5.74) is 2.54. The highest BCUT2D eigenvalue weighted by molar-refractivity contribution is 5.93. The Balaban J connectivity index is 1.80. The van der Waals surface area contributed by atoms with Crippen LogP contribution in [0.25, 0.3) is 0 Å². The molecular formula is C15H20N2O2. The van der Waals surface area contributed by atoms with E-state index in [1.807, 2.05) is 6.07 Å². The van der Waals surface area contributed by atoms with Gasteiger partial charge in [-0.1, -0.05) is 12.8 Å². The molecule has 1 aromatic heterocycles. The van der Waals surface area contributed by atoms with E-state index in [4.69, 9.17) is 0 Å². The van der Waals surface area contributed by atoms with Crippen molar-refractivity contribution in [2.24, 2.45) is 5.92 Å². The third-order valence-electron chi connectivity index (χ3n) is 4.07. The van der Waals surface area contributed by atoms with Gasteiger partial charge in [-0.2, -0.15) is 0 Å². The summed E-state index contributed by atoms with van der Waals surface area (Å²) in [5.74, 6) is 0.530. The largest absolute Gasteiger partial charge is 0.478 e. The first-order valence-electron chi connectivity index (χ1n) is 7.24. The Hall–Kier alpha value is -1.58. The molecule has 19 heavy (non-hydrogen) atoms. The standard InChI is InChI=1S/C15H20N2O2/c18-15(19)12-9-11-3-1-2-4-13(11)17-14(12)16-8-7-10-5-6-10/h9-10H,1-8H2,(H,16,17)(H,18,19). The Morgan fingerprint density at radius 2 is 2.16 bits per heavy atom. The molecule has 0 radical (unpaired) electrons. The first kappa shape index (κ1) is 12.5. The molecule has 4 heteroatoms. The van der Waals surface area contributed by atoms with E-state index < -0.39 is 5.97 Å². The minimum Gasteiger partial charge on any atom is -0.478 e. The van der Waals surface area contributed by atoms with Gasteiger partial charge in [-0.3, -0.25) is 0 Å². The van der Waals surface area contributed by atoms with E-state index in [-0.39, 0.29) is 0 Å². The molecular weight excluding hydrogens is 240 g/mol. The number of aryl methyl sites for hydroxylation is 2. The Morgan fingerprint density at radius 3 is 2.89 bits per heavy atom. The van der Waals surface area contributed by atoms with E-state index in [1.165, 1.54) is 12.8 Å². The highest BCUT2D eigenvalue weighted by atomic mass is 16.4. The number of aromatic nitrogens is 1. The van der Waals surface area contributed by atoms with Gasteiger partial charge in [0.15, 0.2) is 0 Å². The van der Waals surface area contributed by atoms with E-state index in [9.17, 15) is 9.90 Å². The lowest BCUT2D eigenvalue weighted by Gasteiger charge is -2.18. The van der Waals surface area contributed by atoms with Gasteiger partial charge in [0.1, 0.15) is 11.4 Å². The van der Waals surface area contributed by atoms with E-state index in [2.05, 4.69) is 10.3 Å². The summed E-state index contributed by atoms with van der Waals surface area (Å²) in [6, 6.07) is 1.82. The first-order valence-corrected chi connectivity index (χ1v) is 7.24. The van der Waals surface area contributed by atoms with Crippen LogP contribution < -0.4 is 5.32 Å². The number of carbonyl (C=O) groups is 1. The van der Waals surface area contributed by atoms with Crippen LogP contribution in [0.1, 0.15) is 53.7 Å². The van der Waals surface area contributed by atoms with Gasteiger partial charge < -0.3 is 10.4 Å². The van der Waals surface area contributed by atoms with Gasteiger partial charge in [0.25, 0.3) is 0 Å². The molecule has 1 aromatic rings. The van der Waals surface area contributed by atoms with Crippen molar-refractivity contribution in [1.29, 1.82) is 0 Å². The summed E-state index contributed by atoms with van der Waals surface area (Å²) < 4.78 is 0. The molecule has 0 amide bonds. The number of pyridine rings is 1. The quantitative estimate of drug-likeness (QED) is 0.854. The summed E-state index contributed by atoms with van der Waals surface area (Å²) >= 11 is 0. The highest BCUT2D eigenvalue weighted by Crippen LogP contribution is 2.32. The van der Waals surface area contributed by atoms with Gasteiger partial charge in [-0.25, -0.2) is 9.78 Å². The highest BCUT2D eigenvalue weighted by Gasteiger charge is 2.22. The zero-order valence-corrected chi connectivity index (χ0v) is 11.1. The molecule has 0 unspecified atom stereocenters. The predicted octanol–water partition coefficient (Wildman–Crippen LogP) is 2.87. The summed E-state index contributed by atoms with van der Waals surface area (Å²) in [4.78, 5) is 15.9. The molecule has 4 nitrogen and oxygen atoms in total. The molecule has 0 aromatic carbocycles. The Labute approximate surface area is 113 Å². The minimum absolute atomic E-state index is 0.330. The average Bonchev–Trinajstić information content (AvgIpc) is 3.22. The third kappa shape index (κ3) is 2.88. The maximum absolute atomic E-state index is 11.3. The fraction of sp³-hybridized carbons (Fsp3) is 0.600. The predicted molar refractivity (Wildman–Crippen MR) is 73.7 cm³/mol. The fourth-order valence-electron chi connectivity index (χ4n) is 2.73. The SMILES string of the molecule is O=C(O)c1cc2c(nc1NCCC1CC1)CCCC2. The van der Waals surface area contributed by atoms with E-state index in [1.54, 1.807) is 0 Å². The van der Waals surface area contributed by atoms with Gasteiger partial charge in [0.2, 0.25) is 0 Å². The topological polar surface area (TPSA) is 62.2 Å². The van der Waals surface area contributed by atoms with Gasteiger partial charge in [-0.05, 0) is 49.7 Å². The van der Waals surface area contributed by atoms with Crippen LogP contribution in [0.4, 0.5) is 5.82 Å². The van der Waals surface area contributed by atoms with Crippen molar-refractivity contribution < 1.29 is 9.90 Å². The second-order valence-electron chi connectivity index (χ2n) is 5.66. The molecule has 2 N–H and O–H groups in total. The number of hydrogen-bond donors (Lipinski definition) is 2. The lowest BCUT2D eigenvalue weighted by atomic mass is 9.94. The van der Waals surface area contributed by atoms with Crippen LogP contribution in [0.5, 0.6) is 0 Å². The third-order valence-corrected chi connectivity index (χ3v) is 4.07. The van der Waals surface area contributed by atoms with Crippen molar-refractivity contribution in [3.8, 4) is 0 Å². The number of aromatic carboxylic acids is 1. The zero-order chi connectivity index (χ0) is 13.2. The lowest BCUT2D eigenvalue weighted by molar-refractivity contribution is 0.0697. The molecule has 1 heterocycles. The van der Waals surface area contributed by atoms with Crippen LogP contribution in [0.3, 0.4) is 0 Å². The van der Waals surface area contributed by atoms with Gasteiger partial charge in [-0.15, -0.1) is 0 Å². The number of rotatable bonds is 5. The Bertz CT molecular complexity index is 495. The molecule has 0 bridgehead atoms. The average molecular weight is 260 g/mol. The maximum atomic E-state index is 11.3. The fourth-order valence-corrected chi connectivity index (χ4v) is 2.73. The van der Waals surface area contributed by atoms with Crippen LogP contribution in [-0.2, 0) is 12.8 Å². The van der Waals surface area contributed by atoms with Crippen molar-refractivity contribution in [1.82, 2.24) is 4.98 Å². The number of carboxylic acid groups (broad SMARTS) is 1. The van der Waals surface area contributed by atoms with E-state index in [0.717, 1.165) is 55.8 Å². The van der Waals surface area contributed by atoms with E-state index in [0.29, 0.717) is 11.4 Å². The molecule has 0 saturated heterocycles. The molecule has 3 rings (SSSR count). The molecule has 1 fully saturated rings. The van der Waals surface area contributed by atoms with Crippen LogP contribution >= 0.6 is 0 Å². The Kier molecular flexibility index (Phi) is 3.40. The summed E-state index contributed by atoms with van der Waals surface area (Å²) in [6.07, 6.45) is 8.02. The normalized spacial score (nSPS) is 17.9. The maximum Gasteiger partial charge on any atom is 0.339 e. The van der Waals surface area contributed by atoms with Crippen LogP contribution in [0, 0.1) is 5.92 Å². The van der Waals surface area contributed by atoms with Gasteiger partial charge in [0, 0.05) is 12.2 Å². The minimum atomic E-state index is -0.880. The summed E-state index contributed by atoms with van der Waals surface area (Å²) in [5, 5.41) is 12.5.